The van der Waals surface area contributed by atoms with Gasteiger partial charge in [0.05, 0.1) is 17.9 Å². The normalized spacial score (nSPS) is 15.8. The van der Waals surface area contributed by atoms with Crippen molar-refractivity contribution >= 4 is 11.8 Å². The molecule has 0 unspecified atom stereocenters. The van der Waals surface area contributed by atoms with E-state index in [1.165, 1.54) is 10.5 Å². The van der Waals surface area contributed by atoms with E-state index < -0.39 is 6.10 Å². The van der Waals surface area contributed by atoms with Gasteiger partial charge in [0.1, 0.15) is 5.82 Å². The Kier molecular flexibility index (Phi) is 4.84. The summed E-state index contributed by atoms with van der Waals surface area (Å²) in [5.41, 5.74) is 3.17. The summed E-state index contributed by atoms with van der Waals surface area (Å²) >= 11 is 1.79. The van der Waals surface area contributed by atoms with Crippen molar-refractivity contribution in [2.24, 2.45) is 7.05 Å². The Morgan fingerprint density at radius 3 is 2.88 bits per heavy atom. The van der Waals surface area contributed by atoms with Gasteiger partial charge in [0, 0.05) is 44.0 Å². The van der Waals surface area contributed by atoms with Gasteiger partial charge in [0.25, 0.3) is 0 Å². The van der Waals surface area contributed by atoms with E-state index in [2.05, 4.69) is 45.5 Å². The highest BCUT2D eigenvalue weighted by atomic mass is 32.2. The summed E-state index contributed by atoms with van der Waals surface area (Å²) in [6.07, 6.45) is 4.85. The third-order valence-corrected chi connectivity index (χ3v) is 5.70. The van der Waals surface area contributed by atoms with Gasteiger partial charge in [0.15, 0.2) is 6.10 Å². The second-order valence-electron chi connectivity index (χ2n) is 6.61. The maximum Gasteiger partial charge on any atom is 0.155 e. The van der Waals surface area contributed by atoms with Gasteiger partial charge in [-0.3, -0.25) is 9.58 Å². The molecule has 3 heterocycles. The van der Waals surface area contributed by atoms with E-state index in [9.17, 15) is 5.11 Å². The SMILES string of the molecule is CSc1ccccc1CN1CCn2nc([C@@H](O)c3nccn3C)cc2C1. The predicted octanol–water partition coefficient (Wildman–Crippen LogP) is 2.44. The van der Waals surface area contributed by atoms with Crippen LogP contribution >= 0.6 is 11.8 Å². The fraction of sp³-hybridized carbons (Fsp3) is 0.368. The molecule has 0 amide bonds. The third-order valence-electron chi connectivity index (χ3n) is 4.87. The van der Waals surface area contributed by atoms with Crippen molar-refractivity contribution in [3.63, 3.8) is 0 Å². The molecule has 1 aliphatic heterocycles. The first-order valence-electron chi connectivity index (χ1n) is 8.72. The highest BCUT2D eigenvalue weighted by Crippen LogP contribution is 2.25. The molecule has 0 bridgehead atoms. The Morgan fingerprint density at radius 1 is 1.27 bits per heavy atom. The topological polar surface area (TPSA) is 59.1 Å². The van der Waals surface area contributed by atoms with E-state index in [1.807, 2.05) is 28.6 Å². The van der Waals surface area contributed by atoms with Gasteiger partial charge in [-0.25, -0.2) is 4.98 Å². The van der Waals surface area contributed by atoms with Crippen molar-refractivity contribution < 1.29 is 5.11 Å². The van der Waals surface area contributed by atoms with E-state index in [4.69, 9.17) is 0 Å². The van der Waals surface area contributed by atoms with Crippen LogP contribution in [-0.4, -0.2) is 42.1 Å². The number of hydrogen-bond donors (Lipinski definition) is 1. The molecule has 0 aliphatic carbocycles. The first kappa shape index (κ1) is 17.3. The molecule has 0 radical (unpaired) electrons. The highest BCUT2D eigenvalue weighted by molar-refractivity contribution is 7.98. The number of nitrogens with zero attached hydrogens (tertiary/aromatic N) is 5. The lowest BCUT2D eigenvalue weighted by Gasteiger charge is -2.28. The van der Waals surface area contributed by atoms with Crippen molar-refractivity contribution in [1.29, 1.82) is 0 Å². The third kappa shape index (κ3) is 3.30. The molecule has 136 valence electrons. The van der Waals surface area contributed by atoms with Crippen LogP contribution in [0.5, 0.6) is 0 Å². The van der Waals surface area contributed by atoms with E-state index in [1.54, 1.807) is 18.0 Å². The minimum atomic E-state index is -0.793. The smallest absolute Gasteiger partial charge is 0.155 e. The van der Waals surface area contributed by atoms with Crippen molar-refractivity contribution in [2.45, 2.75) is 30.6 Å². The lowest BCUT2D eigenvalue weighted by Crippen LogP contribution is -2.33. The van der Waals surface area contributed by atoms with Gasteiger partial charge < -0.3 is 9.67 Å². The Morgan fingerprint density at radius 2 is 2.12 bits per heavy atom. The van der Waals surface area contributed by atoms with Crippen LogP contribution in [0.1, 0.15) is 28.9 Å². The van der Waals surface area contributed by atoms with E-state index in [0.29, 0.717) is 11.5 Å². The van der Waals surface area contributed by atoms with Crippen molar-refractivity contribution in [3.8, 4) is 0 Å². The summed E-state index contributed by atoms with van der Waals surface area (Å²) in [4.78, 5) is 8.00. The number of rotatable bonds is 5. The fourth-order valence-electron chi connectivity index (χ4n) is 3.46. The quantitative estimate of drug-likeness (QED) is 0.700. The predicted molar refractivity (Wildman–Crippen MR) is 102 cm³/mol. The molecule has 1 aliphatic rings. The first-order valence-corrected chi connectivity index (χ1v) is 9.94. The second kappa shape index (κ2) is 7.26. The summed E-state index contributed by atoms with van der Waals surface area (Å²) in [6.45, 7) is 3.56. The van der Waals surface area contributed by atoms with Crippen LogP contribution in [-0.2, 0) is 26.7 Å². The minimum Gasteiger partial charge on any atom is -0.379 e. The number of thioether (sulfide) groups is 1. The van der Waals surface area contributed by atoms with Crippen LogP contribution in [0.2, 0.25) is 0 Å². The van der Waals surface area contributed by atoms with Crippen LogP contribution < -0.4 is 0 Å². The largest absolute Gasteiger partial charge is 0.379 e. The average Bonchev–Trinajstić information content (AvgIpc) is 3.27. The molecule has 4 rings (SSSR count). The molecule has 7 heteroatoms. The van der Waals surface area contributed by atoms with Gasteiger partial charge in [-0.1, -0.05) is 18.2 Å². The molecule has 0 fully saturated rings. The zero-order valence-corrected chi connectivity index (χ0v) is 15.9. The number of aromatic nitrogens is 4. The Hall–Kier alpha value is -2.09. The van der Waals surface area contributed by atoms with E-state index in [0.717, 1.165) is 31.9 Å². The zero-order valence-electron chi connectivity index (χ0n) is 15.0. The van der Waals surface area contributed by atoms with Crippen LogP contribution in [0.4, 0.5) is 0 Å². The van der Waals surface area contributed by atoms with Gasteiger partial charge in [-0.15, -0.1) is 11.8 Å². The lowest BCUT2D eigenvalue weighted by molar-refractivity contribution is 0.194. The molecule has 0 spiro atoms. The molecule has 6 nitrogen and oxygen atoms in total. The molecule has 3 aromatic rings. The number of aryl methyl sites for hydroxylation is 1. The molecular formula is C19H23N5OS. The maximum absolute atomic E-state index is 10.6. The number of fused-ring (bicyclic) bond motifs is 1. The number of imidazole rings is 1. The Bertz CT molecular complexity index is 903. The number of hydrogen-bond acceptors (Lipinski definition) is 5. The molecule has 1 atom stereocenters. The van der Waals surface area contributed by atoms with E-state index >= 15 is 0 Å². The van der Waals surface area contributed by atoms with Crippen LogP contribution in [0.15, 0.2) is 47.6 Å². The van der Waals surface area contributed by atoms with Crippen molar-refractivity contribution in [2.75, 3.05) is 12.8 Å². The standard InChI is InChI=1S/C19H23N5OS/c1-22-8-7-20-19(22)18(25)16-11-15-13-23(9-10-24(15)21-16)12-14-5-3-4-6-17(14)26-2/h3-8,11,18,25H,9-10,12-13H2,1-2H3/t18-/m1/s1. The van der Waals surface area contributed by atoms with Crippen molar-refractivity contribution in [1.82, 2.24) is 24.2 Å². The average molecular weight is 369 g/mol. The molecule has 0 saturated carbocycles. The highest BCUT2D eigenvalue weighted by Gasteiger charge is 2.24. The van der Waals surface area contributed by atoms with Crippen LogP contribution in [0, 0.1) is 0 Å². The first-order chi connectivity index (χ1) is 12.7. The Balaban J connectivity index is 1.51. The van der Waals surface area contributed by atoms with Gasteiger partial charge >= 0.3 is 0 Å². The zero-order chi connectivity index (χ0) is 18.1. The van der Waals surface area contributed by atoms with E-state index in [-0.39, 0.29) is 0 Å². The van der Waals surface area contributed by atoms with Gasteiger partial charge in [-0.05, 0) is 24.0 Å². The summed E-state index contributed by atoms with van der Waals surface area (Å²) in [7, 11) is 1.88. The number of aliphatic hydroxyl groups is 1. The monoisotopic (exact) mass is 369 g/mol. The summed E-state index contributed by atoms with van der Waals surface area (Å²) in [5, 5.41) is 15.2. The second-order valence-corrected chi connectivity index (χ2v) is 7.45. The molecule has 26 heavy (non-hydrogen) atoms. The van der Waals surface area contributed by atoms with Crippen LogP contribution in [0.25, 0.3) is 0 Å². The maximum atomic E-state index is 10.6. The van der Waals surface area contributed by atoms with Gasteiger partial charge in [0.2, 0.25) is 0 Å². The van der Waals surface area contributed by atoms with Crippen LogP contribution in [0.3, 0.4) is 0 Å². The van der Waals surface area contributed by atoms with Gasteiger partial charge in [-0.2, -0.15) is 5.10 Å². The molecule has 0 saturated heterocycles. The fourth-order valence-corrected chi connectivity index (χ4v) is 4.07. The summed E-state index contributed by atoms with van der Waals surface area (Å²) in [6, 6.07) is 10.6. The lowest BCUT2D eigenvalue weighted by atomic mass is 10.2. The molecular weight excluding hydrogens is 346 g/mol. The number of benzene rings is 1. The minimum absolute atomic E-state index is 0.617. The molecule has 1 N–H and O–H groups in total. The Labute approximate surface area is 157 Å². The molecule has 2 aromatic heterocycles. The molecule has 1 aromatic carbocycles. The van der Waals surface area contributed by atoms with Crippen molar-refractivity contribution in [3.05, 3.63) is 65.5 Å². The summed E-state index contributed by atoms with van der Waals surface area (Å²) in [5.74, 6) is 0.617. The summed E-state index contributed by atoms with van der Waals surface area (Å²) < 4.78 is 3.84. The number of aliphatic hydroxyl groups excluding tert-OH is 1.